The van der Waals surface area contributed by atoms with Crippen molar-refractivity contribution in [3.63, 3.8) is 0 Å². The molecule has 0 N–H and O–H groups in total. The Kier molecular flexibility index (Phi) is 3.84. The van der Waals surface area contributed by atoms with Gasteiger partial charge in [-0.05, 0) is 66.5 Å². The Hall–Kier alpha value is -3.61. The molecule has 2 aromatic carbocycles. The topological polar surface area (TPSA) is 81.9 Å². The molecule has 6 unspecified atom stereocenters. The molecule has 166 valence electrons. The first-order valence-corrected chi connectivity index (χ1v) is 11.4. The number of benzene rings is 2. The fourth-order valence-electron chi connectivity index (χ4n) is 6.26. The number of carbonyl (C=O) groups is 2. The van der Waals surface area contributed by atoms with Crippen LogP contribution in [0, 0.1) is 35.5 Å². The standard InChI is InChI=1S/C26H22N2O5/c1-31-15-6-7-18-21(27-33-22(18)10-15)12-32-14-4-2-13(3-5-14)28-25(29)23-16-8-9-17(20-11-19(16)20)24(23)26(28)30/h2-10,16-17,19-20,23-24H,11-12H2,1H3. The molecule has 1 aliphatic heterocycles. The van der Waals surface area contributed by atoms with Gasteiger partial charge in [0.1, 0.15) is 23.8 Å². The van der Waals surface area contributed by atoms with Gasteiger partial charge in [-0.2, -0.15) is 0 Å². The second-order valence-corrected chi connectivity index (χ2v) is 9.44. The fraction of sp³-hybridized carbons (Fsp3) is 0.346. The van der Waals surface area contributed by atoms with Crippen molar-refractivity contribution in [2.75, 3.05) is 12.0 Å². The van der Waals surface area contributed by atoms with Crippen molar-refractivity contribution in [3.8, 4) is 11.5 Å². The van der Waals surface area contributed by atoms with Gasteiger partial charge in [0, 0.05) is 11.5 Å². The van der Waals surface area contributed by atoms with Gasteiger partial charge in [0.15, 0.2) is 5.58 Å². The quantitative estimate of drug-likeness (QED) is 0.439. The zero-order chi connectivity index (χ0) is 22.3. The number of hydrogen-bond acceptors (Lipinski definition) is 6. The first-order chi connectivity index (χ1) is 16.1. The summed E-state index contributed by atoms with van der Waals surface area (Å²) in [7, 11) is 1.60. The maximum atomic E-state index is 13.3. The highest BCUT2D eigenvalue weighted by Crippen LogP contribution is 2.65. The van der Waals surface area contributed by atoms with Crippen LogP contribution >= 0.6 is 0 Å². The summed E-state index contributed by atoms with van der Waals surface area (Å²) in [5.74, 6) is 2.51. The number of hydrogen-bond donors (Lipinski definition) is 0. The van der Waals surface area contributed by atoms with E-state index < -0.39 is 0 Å². The number of fused-ring (bicyclic) bond motifs is 1. The second kappa shape index (κ2) is 6.70. The van der Waals surface area contributed by atoms with Crippen LogP contribution in [0.3, 0.4) is 0 Å². The van der Waals surface area contributed by atoms with Gasteiger partial charge >= 0.3 is 0 Å². The van der Waals surface area contributed by atoms with Crippen molar-refractivity contribution in [3.05, 3.63) is 60.3 Å². The molecule has 2 amide bonds. The minimum atomic E-state index is -0.189. The number of anilines is 1. The lowest BCUT2D eigenvalue weighted by atomic mass is 9.63. The average Bonchev–Trinajstić information content (AvgIpc) is 3.52. The van der Waals surface area contributed by atoms with Crippen LogP contribution in [0.5, 0.6) is 11.5 Å². The third-order valence-electron chi connectivity index (χ3n) is 7.89. The molecule has 2 bridgehead atoms. The van der Waals surface area contributed by atoms with E-state index in [2.05, 4.69) is 17.3 Å². The number of nitrogens with zero attached hydrogens (tertiary/aromatic N) is 2. The van der Waals surface area contributed by atoms with Crippen molar-refractivity contribution < 1.29 is 23.6 Å². The Labute approximate surface area is 189 Å². The van der Waals surface area contributed by atoms with Gasteiger partial charge in [-0.15, -0.1) is 0 Å². The molecule has 2 saturated carbocycles. The van der Waals surface area contributed by atoms with E-state index in [4.69, 9.17) is 14.0 Å². The monoisotopic (exact) mass is 442 g/mol. The summed E-state index contributed by atoms with van der Waals surface area (Å²) in [5, 5.41) is 4.96. The van der Waals surface area contributed by atoms with E-state index in [1.54, 1.807) is 37.4 Å². The van der Waals surface area contributed by atoms with E-state index in [9.17, 15) is 9.59 Å². The Balaban J connectivity index is 1.08. The smallest absolute Gasteiger partial charge is 0.238 e. The summed E-state index contributed by atoms with van der Waals surface area (Å²) in [5.41, 5.74) is 1.93. The van der Waals surface area contributed by atoms with Crippen LogP contribution in [0.1, 0.15) is 12.1 Å². The van der Waals surface area contributed by atoms with E-state index in [0.29, 0.717) is 40.3 Å². The summed E-state index contributed by atoms with van der Waals surface area (Å²) in [6, 6.07) is 12.7. The van der Waals surface area contributed by atoms with Gasteiger partial charge in [0.25, 0.3) is 0 Å². The van der Waals surface area contributed by atoms with Crippen molar-refractivity contribution >= 4 is 28.5 Å². The van der Waals surface area contributed by atoms with Gasteiger partial charge < -0.3 is 14.0 Å². The summed E-state index contributed by atoms with van der Waals surface area (Å²) in [6.07, 6.45) is 5.54. The molecule has 0 spiro atoms. The number of amides is 2. The van der Waals surface area contributed by atoms with Crippen molar-refractivity contribution in [2.45, 2.75) is 13.0 Å². The van der Waals surface area contributed by atoms with Gasteiger partial charge in [0.05, 0.1) is 24.6 Å². The summed E-state index contributed by atoms with van der Waals surface area (Å²) >= 11 is 0. The van der Waals surface area contributed by atoms with Crippen LogP contribution in [0.2, 0.25) is 0 Å². The summed E-state index contributed by atoms with van der Waals surface area (Å²) in [4.78, 5) is 27.9. The van der Waals surface area contributed by atoms with Crippen LogP contribution in [0.25, 0.3) is 11.0 Å². The van der Waals surface area contributed by atoms with Crippen LogP contribution in [-0.2, 0) is 16.2 Å². The second-order valence-electron chi connectivity index (χ2n) is 9.44. The molecule has 7 nitrogen and oxygen atoms in total. The zero-order valence-electron chi connectivity index (χ0n) is 18.0. The normalized spacial score (nSPS) is 31.1. The molecular formula is C26H22N2O5. The van der Waals surface area contributed by atoms with Crippen LogP contribution in [-0.4, -0.2) is 24.1 Å². The van der Waals surface area contributed by atoms with Crippen LogP contribution in [0.15, 0.2) is 59.1 Å². The molecule has 0 radical (unpaired) electrons. The van der Waals surface area contributed by atoms with E-state index >= 15 is 0 Å². The molecule has 4 aliphatic carbocycles. The average molecular weight is 442 g/mol. The molecule has 33 heavy (non-hydrogen) atoms. The third-order valence-corrected chi connectivity index (χ3v) is 7.89. The van der Waals surface area contributed by atoms with Gasteiger partial charge in [0.2, 0.25) is 11.8 Å². The molecular weight excluding hydrogens is 420 g/mol. The van der Waals surface area contributed by atoms with E-state index in [-0.39, 0.29) is 42.1 Å². The molecule has 5 aliphatic rings. The largest absolute Gasteiger partial charge is 0.497 e. The molecule has 1 saturated heterocycles. The van der Waals surface area contributed by atoms with Crippen LogP contribution < -0.4 is 14.4 Å². The first kappa shape index (κ1) is 18.9. The maximum absolute atomic E-state index is 13.3. The Morgan fingerprint density at radius 1 is 0.970 bits per heavy atom. The van der Waals surface area contributed by atoms with Crippen molar-refractivity contribution in [1.29, 1.82) is 0 Å². The summed E-state index contributed by atoms with van der Waals surface area (Å²) < 4.78 is 16.5. The number of methoxy groups -OCH3 is 1. The zero-order valence-corrected chi connectivity index (χ0v) is 18.0. The maximum Gasteiger partial charge on any atom is 0.238 e. The highest BCUT2D eigenvalue weighted by molar-refractivity contribution is 6.22. The third kappa shape index (κ3) is 2.65. The number of rotatable bonds is 5. The van der Waals surface area contributed by atoms with E-state index in [1.165, 1.54) is 4.90 Å². The van der Waals surface area contributed by atoms with E-state index in [0.717, 1.165) is 11.8 Å². The molecule has 3 aromatic rings. The number of aromatic nitrogens is 1. The molecule has 7 heteroatoms. The molecule has 6 atom stereocenters. The minimum Gasteiger partial charge on any atom is -0.497 e. The lowest BCUT2D eigenvalue weighted by molar-refractivity contribution is -0.124. The minimum absolute atomic E-state index is 0.0483. The molecule has 3 fully saturated rings. The SMILES string of the molecule is COc1ccc2c(COc3ccc(N4C(=O)C5C6C=CC(C7CC67)C5C4=O)cc3)noc2c1. The van der Waals surface area contributed by atoms with E-state index in [1.807, 2.05) is 12.1 Å². The highest BCUT2D eigenvalue weighted by Gasteiger charge is 2.67. The number of allylic oxidation sites excluding steroid dienone is 2. The van der Waals surface area contributed by atoms with Crippen molar-refractivity contribution in [1.82, 2.24) is 5.16 Å². The Morgan fingerprint density at radius 3 is 2.30 bits per heavy atom. The molecule has 1 aromatic heterocycles. The van der Waals surface area contributed by atoms with Gasteiger partial charge in [-0.1, -0.05) is 17.3 Å². The predicted octanol–water partition coefficient (Wildman–Crippen LogP) is 3.97. The Bertz CT molecular complexity index is 1290. The fourth-order valence-corrected chi connectivity index (χ4v) is 6.26. The number of ether oxygens (including phenoxy) is 2. The van der Waals surface area contributed by atoms with Gasteiger partial charge in [-0.3, -0.25) is 14.5 Å². The predicted molar refractivity (Wildman–Crippen MR) is 119 cm³/mol. The summed E-state index contributed by atoms with van der Waals surface area (Å²) in [6.45, 7) is 0.238. The highest BCUT2D eigenvalue weighted by atomic mass is 16.5. The van der Waals surface area contributed by atoms with Crippen molar-refractivity contribution in [2.24, 2.45) is 35.5 Å². The van der Waals surface area contributed by atoms with Gasteiger partial charge in [-0.25, -0.2) is 0 Å². The molecule has 8 rings (SSSR count). The lowest BCUT2D eigenvalue weighted by Gasteiger charge is -2.37. The van der Waals surface area contributed by atoms with Crippen LogP contribution in [0.4, 0.5) is 5.69 Å². The lowest BCUT2D eigenvalue weighted by Crippen LogP contribution is -2.40. The number of carbonyl (C=O) groups excluding carboxylic acids is 2. The number of imide groups is 1. The first-order valence-electron chi connectivity index (χ1n) is 11.4. The molecule has 2 heterocycles. The Morgan fingerprint density at radius 2 is 1.64 bits per heavy atom.